The van der Waals surface area contributed by atoms with Crippen LogP contribution in [0.1, 0.15) is 38.7 Å². The first-order valence-electron chi connectivity index (χ1n) is 7.95. The van der Waals surface area contributed by atoms with Crippen LogP contribution in [0.25, 0.3) is 0 Å². The van der Waals surface area contributed by atoms with Crippen molar-refractivity contribution in [2.75, 3.05) is 13.1 Å². The Kier molecular flexibility index (Phi) is 4.02. The first-order valence-corrected chi connectivity index (χ1v) is 7.95. The molecule has 1 N–H and O–H groups in total. The molecule has 1 saturated carbocycles. The van der Waals surface area contributed by atoms with E-state index in [1.807, 2.05) is 0 Å². The third kappa shape index (κ3) is 3.11. The standard InChI is InChI=1S/C17H24F2N2/c1-3-15-9-20-17(2,13-5-6-13)11-21(15)10-12-4-7-14(18)8-16(12)19/h4,7-8,13,15,20H,3,5-6,9-11H2,1-2H3. The number of nitrogens with one attached hydrogen (secondary N) is 1. The maximum atomic E-state index is 13.9. The molecule has 1 aromatic rings. The maximum Gasteiger partial charge on any atom is 0.130 e. The third-order valence-corrected chi connectivity index (χ3v) is 5.13. The molecule has 4 heteroatoms. The number of piperazine rings is 1. The van der Waals surface area contributed by atoms with Crippen molar-refractivity contribution in [2.45, 2.75) is 51.2 Å². The van der Waals surface area contributed by atoms with E-state index in [0.29, 0.717) is 18.2 Å². The lowest BCUT2D eigenvalue weighted by Gasteiger charge is -2.46. The molecule has 116 valence electrons. The smallest absolute Gasteiger partial charge is 0.130 e. The molecule has 1 heterocycles. The van der Waals surface area contributed by atoms with Gasteiger partial charge in [0, 0.05) is 42.8 Å². The zero-order valence-electron chi connectivity index (χ0n) is 12.8. The van der Waals surface area contributed by atoms with Crippen molar-refractivity contribution >= 4 is 0 Å². The zero-order chi connectivity index (χ0) is 15.0. The summed E-state index contributed by atoms with van der Waals surface area (Å²) < 4.78 is 27.0. The monoisotopic (exact) mass is 294 g/mol. The van der Waals surface area contributed by atoms with E-state index in [9.17, 15) is 8.78 Å². The molecule has 1 aliphatic carbocycles. The first-order chi connectivity index (χ1) is 10.0. The molecule has 2 atom stereocenters. The Morgan fingerprint density at radius 2 is 2.10 bits per heavy atom. The lowest BCUT2D eigenvalue weighted by molar-refractivity contribution is 0.0657. The van der Waals surface area contributed by atoms with E-state index in [-0.39, 0.29) is 5.54 Å². The van der Waals surface area contributed by atoms with Crippen LogP contribution in [0.15, 0.2) is 18.2 Å². The summed E-state index contributed by atoms with van der Waals surface area (Å²) >= 11 is 0. The summed E-state index contributed by atoms with van der Waals surface area (Å²) in [6.07, 6.45) is 3.62. The zero-order valence-corrected chi connectivity index (χ0v) is 12.8. The molecule has 0 aromatic heterocycles. The molecule has 1 aromatic carbocycles. The molecule has 21 heavy (non-hydrogen) atoms. The van der Waals surface area contributed by atoms with Gasteiger partial charge in [-0.15, -0.1) is 0 Å². The number of hydrogen-bond acceptors (Lipinski definition) is 2. The lowest BCUT2D eigenvalue weighted by atomic mass is 9.90. The molecule has 0 amide bonds. The predicted octanol–water partition coefficient (Wildman–Crippen LogP) is 3.32. The summed E-state index contributed by atoms with van der Waals surface area (Å²) in [5, 5.41) is 3.70. The number of rotatable bonds is 4. The van der Waals surface area contributed by atoms with Crippen molar-refractivity contribution < 1.29 is 8.78 Å². The topological polar surface area (TPSA) is 15.3 Å². The van der Waals surface area contributed by atoms with Crippen LogP contribution in [0.2, 0.25) is 0 Å². The van der Waals surface area contributed by atoms with Crippen LogP contribution >= 0.6 is 0 Å². The highest BCUT2D eigenvalue weighted by Crippen LogP contribution is 2.41. The Morgan fingerprint density at radius 3 is 2.71 bits per heavy atom. The Balaban J connectivity index is 1.76. The van der Waals surface area contributed by atoms with Crippen LogP contribution in [0, 0.1) is 17.6 Å². The summed E-state index contributed by atoms with van der Waals surface area (Å²) in [5.41, 5.74) is 0.734. The average Bonchev–Trinajstić information content (AvgIpc) is 3.27. The number of benzene rings is 1. The fraction of sp³-hybridized carbons (Fsp3) is 0.647. The van der Waals surface area contributed by atoms with E-state index in [1.54, 1.807) is 6.07 Å². The van der Waals surface area contributed by atoms with Crippen molar-refractivity contribution in [3.8, 4) is 0 Å². The van der Waals surface area contributed by atoms with Gasteiger partial charge in [0.05, 0.1) is 0 Å². The van der Waals surface area contributed by atoms with Crippen molar-refractivity contribution in [3.63, 3.8) is 0 Å². The van der Waals surface area contributed by atoms with Crippen LogP contribution in [0.3, 0.4) is 0 Å². The molecule has 1 aliphatic heterocycles. The van der Waals surface area contributed by atoms with Gasteiger partial charge in [-0.05, 0) is 38.2 Å². The minimum atomic E-state index is -0.508. The number of nitrogens with zero attached hydrogens (tertiary/aromatic N) is 1. The first kappa shape index (κ1) is 14.9. The van der Waals surface area contributed by atoms with Crippen molar-refractivity contribution in [3.05, 3.63) is 35.4 Å². The predicted molar refractivity (Wildman–Crippen MR) is 80.0 cm³/mol. The molecule has 2 fully saturated rings. The Bertz CT molecular complexity index is 516. The van der Waals surface area contributed by atoms with Gasteiger partial charge < -0.3 is 5.32 Å². The lowest BCUT2D eigenvalue weighted by Crippen LogP contribution is -2.63. The summed E-state index contributed by atoms with van der Waals surface area (Å²) in [6.45, 7) is 6.90. The molecular weight excluding hydrogens is 270 g/mol. The van der Waals surface area contributed by atoms with Gasteiger partial charge in [0.25, 0.3) is 0 Å². The molecular formula is C17H24F2N2. The van der Waals surface area contributed by atoms with Gasteiger partial charge in [0.15, 0.2) is 0 Å². The number of halogens is 2. The van der Waals surface area contributed by atoms with Crippen LogP contribution < -0.4 is 5.32 Å². The average molecular weight is 294 g/mol. The molecule has 2 unspecified atom stereocenters. The second-order valence-corrected chi connectivity index (χ2v) is 6.78. The minimum absolute atomic E-state index is 0.141. The van der Waals surface area contributed by atoms with E-state index in [2.05, 4.69) is 24.1 Å². The summed E-state index contributed by atoms with van der Waals surface area (Å²) in [5.74, 6) is -0.196. The van der Waals surface area contributed by atoms with Crippen LogP contribution in [0.4, 0.5) is 8.78 Å². The van der Waals surface area contributed by atoms with E-state index >= 15 is 0 Å². The quantitative estimate of drug-likeness (QED) is 0.916. The summed E-state index contributed by atoms with van der Waals surface area (Å²) in [6, 6.07) is 4.33. The van der Waals surface area contributed by atoms with Crippen LogP contribution in [0.5, 0.6) is 0 Å². The van der Waals surface area contributed by atoms with E-state index in [4.69, 9.17) is 0 Å². The van der Waals surface area contributed by atoms with Gasteiger partial charge in [-0.1, -0.05) is 13.0 Å². The molecule has 2 aliphatic rings. The largest absolute Gasteiger partial charge is 0.308 e. The van der Waals surface area contributed by atoms with Crippen molar-refractivity contribution in [1.29, 1.82) is 0 Å². The molecule has 0 spiro atoms. The molecule has 3 rings (SSSR count). The molecule has 0 radical (unpaired) electrons. The highest BCUT2D eigenvalue weighted by atomic mass is 19.1. The van der Waals surface area contributed by atoms with Crippen molar-refractivity contribution in [2.24, 2.45) is 5.92 Å². The van der Waals surface area contributed by atoms with Gasteiger partial charge in [-0.25, -0.2) is 8.78 Å². The fourth-order valence-corrected chi connectivity index (χ4v) is 3.54. The highest BCUT2D eigenvalue weighted by molar-refractivity contribution is 5.19. The summed E-state index contributed by atoms with van der Waals surface area (Å²) in [7, 11) is 0. The minimum Gasteiger partial charge on any atom is -0.308 e. The van der Waals surface area contributed by atoms with Crippen LogP contribution in [-0.2, 0) is 6.54 Å². The van der Waals surface area contributed by atoms with Gasteiger partial charge in [0.2, 0.25) is 0 Å². The maximum absolute atomic E-state index is 13.9. The third-order valence-electron chi connectivity index (χ3n) is 5.13. The Hall–Kier alpha value is -1.00. The second-order valence-electron chi connectivity index (χ2n) is 6.78. The van der Waals surface area contributed by atoms with Gasteiger partial charge in [-0.3, -0.25) is 4.90 Å². The molecule has 0 bridgehead atoms. The van der Waals surface area contributed by atoms with Gasteiger partial charge in [0.1, 0.15) is 11.6 Å². The van der Waals surface area contributed by atoms with Gasteiger partial charge in [-0.2, -0.15) is 0 Å². The van der Waals surface area contributed by atoms with E-state index < -0.39 is 11.6 Å². The summed E-state index contributed by atoms with van der Waals surface area (Å²) in [4.78, 5) is 2.37. The Morgan fingerprint density at radius 1 is 1.33 bits per heavy atom. The number of hydrogen-bond donors (Lipinski definition) is 1. The van der Waals surface area contributed by atoms with Crippen LogP contribution in [-0.4, -0.2) is 29.6 Å². The van der Waals surface area contributed by atoms with E-state index in [0.717, 1.165) is 31.5 Å². The highest BCUT2D eigenvalue weighted by Gasteiger charge is 2.45. The fourth-order valence-electron chi connectivity index (χ4n) is 3.54. The normalized spacial score (nSPS) is 30.6. The van der Waals surface area contributed by atoms with Crippen molar-refractivity contribution in [1.82, 2.24) is 10.2 Å². The van der Waals surface area contributed by atoms with Gasteiger partial charge >= 0.3 is 0 Å². The van der Waals surface area contributed by atoms with E-state index in [1.165, 1.54) is 18.9 Å². The SMILES string of the molecule is CCC1CNC(C)(C2CC2)CN1Cc1ccc(F)cc1F. The second kappa shape index (κ2) is 5.65. The molecule has 1 saturated heterocycles. The molecule has 2 nitrogen and oxygen atoms in total. The Labute approximate surface area is 125 Å².